The van der Waals surface area contributed by atoms with Gasteiger partial charge in [-0.3, -0.25) is 14.7 Å². The number of H-pyrrole nitrogens is 1. The highest BCUT2D eigenvalue weighted by atomic mass is 32.2. The van der Waals surface area contributed by atoms with E-state index in [0.717, 1.165) is 10.5 Å². The van der Waals surface area contributed by atoms with E-state index in [1.165, 1.54) is 4.68 Å². The van der Waals surface area contributed by atoms with Crippen molar-refractivity contribution in [1.29, 1.82) is 10.0 Å². The fourth-order valence-corrected chi connectivity index (χ4v) is 2.64. The molecule has 0 radical (unpaired) electrons. The Morgan fingerprint density at radius 2 is 2.00 bits per heavy atom. The van der Waals surface area contributed by atoms with Gasteiger partial charge in [0.15, 0.2) is 5.82 Å². The molecule has 23 heavy (non-hydrogen) atoms. The van der Waals surface area contributed by atoms with Gasteiger partial charge in [-0.2, -0.15) is 5.26 Å². The van der Waals surface area contributed by atoms with Gasteiger partial charge in [-0.15, -0.1) is 0 Å². The highest BCUT2D eigenvalue weighted by molar-refractivity contribution is 7.85. The van der Waals surface area contributed by atoms with Gasteiger partial charge < -0.3 is 0 Å². The van der Waals surface area contributed by atoms with Crippen LogP contribution in [-0.4, -0.2) is 21.0 Å². The molecule has 6 nitrogen and oxygen atoms in total. The Labute approximate surface area is 134 Å². The lowest BCUT2D eigenvalue weighted by atomic mass is 10.1. The van der Waals surface area contributed by atoms with Crippen LogP contribution in [0.2, 0.25) is 0 Å². The predicted octanol–water partition coefficient (Wildman–Crippen LogP) is 2.47. The van der Waals surface area contributed by atoms with Gasteiger partial charge in [-0.25, -0.2) is 9.67 Å². The van der Waals surface area contributed by atoms with E-state index >= 15 is 0 Å². The smallest absolute Gasteiger partial charge is 0.280 e. The normalized spacial score (nSPS) is 11.8. The summed E-state index contributed by atoms with van der Waals surface area (Å²) in [4.78, 5) is 17.6. The molecule has 0 amide bonds. The fraction of sp³-hybridized carbons (Fsp3) is 0.0625. The first-order valence-electron chi connectivity index (χ1n) is 6.74. The summed E-state index contributed by atoms with van der Waals surface area (Å²) in [6.45, 7) is 0. The molecule has 3 rings (SSSR count). The predicted molar refractivity (Wildman–Crippen MR) is 88.6 cm³/mol. The fourth-order valence-electron chi connectivity index (χ4n) is 2.16. The Balaban J connectivity index is 2.00. The maximum atomic E-state index is 12.5. The lowest BCUT2D eigenvalue weighted by Gasteiger charge is -2.02. The van der Waals surface area contributed by atoms with E-state index in [4.69, 9.17) is 10.0 Å². The van der Waals surface area contributed by atoms with E-state index < -0.39 is 10.7 Å². The summed E-state index contributed by atoms with van der Waals surface area (Å²) in [5.74, 6) is 0.476. The van der Waals surface area contributed by atoms with Crippen LogP contribution in [0.25, 0.3) is 16.9 Å². The van der Waals surface area contributed by atoms with Crippen molar-refractivity contribution < 1.29 is 0 Å². The minimum Gasteiger partial charge on any atom is -0.296 e. The maximum absolute atomic E-state index is 12.5. The molecule has 2 N–H and O–H groups in total. The van der Waals surface area contributed by atoms with Crippen molar-refractivity contribution in [1.82, 2.24) is 14.8 Å². The van der Waals surface area contributed by atoms with Gasteiger partial charge in [0.1, 0.15) is 0 Å². The summed E-state index contributed by atoms with van der Waals surface area (Å²) in [6.07, 6.45) is 5.02. The van der Waals surface area contributed by atoms with E-state index in [9.17, 15) is 4.79 Å². The van der Waals surface area contributed by atoms with Crippen LogP contribution >= 0.6 is 0 Å². The van der Waals surface area contributed by atoms with Gasteiger partial charge in [-0.05, 0) is 36.1 Å². The molecule has 1 unspecified atom stereocenters. The van der Waals surface area contributed by atoms with Crippen LogP contribution in [0.3, 0.4) is 0 Å². The van der Waals surface area contributed by atoms with Crippen LogP contribution < -0.4 is 5.56 Å². The molecule has 1 aromatic carbocycles. The molecule has 2 heterocycles. The molecule has 0 saturated heterocycles. The molecule has 3 aromatic rings. The van der Waals surface area contributed by atoms with Crippen molar-refractivity contribution in [2.75, 3.05) is 6.26 Å². The Morgan fingerprint density at radius 1 is 1.26 bits per heavy atom. The third-order valence-corrected chi connectivity index (χ3v) is 4.35. The topological polar surface area (TPSA) is 98.3 Å². The first kappa shape index (κ1) is 14.9. The van der Waals surface area contributed by atoms with Crippen LogP contribution in [0.1, 0.15) is 5.56 Å². The zero-order valence-electron chi connectivity index (χ0n) is 12.3. The molecule has 2 aromatic heterocycles. The van der Waals surface area contributed by atoms with E-state index in [2.05, 4.69) is 10.1 Å². The molecular formula is C16H13N5OS. The quantitative estimate of drug-likeness (QED) is 0.774. The van der Waals surface area contributed by atoms with Crippen molar-refractivity contribution in [3.05, 3.63) is 64.7 Å². The number of rotatable bonds is 3. The molecule has 7 heteroatoms. The Hall–Kier alpha value is -2.98. The lowest BCUT2D eigenvalue weighted by Crippen LogP contribution is -2.16. The molecule has 0 aliphatic rings. The Bertz CT molecular complexity index is 961. The molecule has 0 saturated carbocycles. The van der Waals surface area contributed by atoms with Crippen molar-refractivity contribution in [3.8, 4) is 23.0 Å². The van der Waals surface area contributed by atoms with Gasteiger partial charge in [0, 0.05) is 17.3 Å². The number of pyridine rings is 1. The zero-order valence-corrected chi connectivity index (χ0v) is 13.1. The molecule has 0 aliphatic heterocycles. The second kappa shape index (κ2) is 6.02. The first-order valence-corrected chi connectivity index (χ1v) is 8.38. The summed E-state index contributed by atoms with van der Waals surface area (Å²) in [5, 5.41) is 11.7. The highest BCUT2D eigenvalue weighted by Gasteiger charge is 2.11. The molecule has 0 bridgehead atoms. The number of nitrogens with zero attached hydrogens (tertiary/aromatic N) is 3. The summed E-state index contributed by atoms with van der Waals surface area (Å²) in [6, 6.07) is 12.4. The minimum atomic E-state index is -0.613. The highest BCUT2D eigenvalue weighted by Crippen LogP contribution is 2.16. The number of aromatic amines is 1. The number of benzene rings is 1. The van der Waals surface area contributed by atoms with Gasteiger partial charge in [0.25, 0.3) is 5.56 Å². The number of hydrogen-bond donors (Lipinski definition) is 2. The van der Waals surface area contributed by atoms with Crippen LogP contribution in [0.15, 0.2) is 58.5 Å². The molecule has 0 spiro atoms. The average Bonchev–Trinajstić information content (AvgIpc) is 2.96. The van der Waals surface area contributed by atoms with Crippen molar-refractivity contribution in [2.45, 2.75) is 4.90 Å². The van der Waals surface area contributed by atoms with Crippen LogP contribution in [-0.2, 0) is 10.7 Å². The SMILES string of the molecule is CS(=N)c1ccc(-n2[nH]cc(-c3ccc(C#N)cc3)c2=O)nc1. The summed E-state index contributed by atoms with van der Waals surface area (Å²) < 4.78 is 9.03. The van der Waals surface area contributed by atoms with Gasteiger partial charge in [-0.1, -0.05) is 22.8 Å². The number of nitriles is 1. The zero-order chi connectivity index (χ0) is 16.4. The van der Waals surface area contributed by atoms with E-state index in [1.54, 1.807) is 55.0 Å². The first-order chi connectivity index (χ1) is 11.1. The standard InChI is InChI=1S/C16H13N5OS/c1-23(18)13-6-7-15(19-9-13)21-16(22)14(10-20-21)12-4-2-11(8-17)3-5-12/h2-7,9-10,18,20H,1H3. The molecule has 114 valence electrons. The molecule has 1 atom stereocenters. The Morgan fingerprint density at radius 3 is 2.57 bits per heavy atom. The van der Waals surface area contributed by atoms with Crippen LogP contribution in [0.4, 0.5) is 0 Å². The van der Waals surface area contributed by atoms with Crippen molar-refractivity contribution >= 4 is 10.7 Å². The number of aromatic nitrogens is 3. The second-order valence-electron chi connectivity index (χ2n) is 4.88. The van der Waals surface area contributed by atoms with Gasteiger partial charge in [0.2, 0.25) is 0 Å². The largest absolute Gasteiger partial charge is 0.296 e. The molecular weight excluding hydrogens is 310 g/mol. The van der Waals surface area contributed by atoms with Crippen LogP contribution in [0, 0.1) is 16.1 Å². The monoisotopic (exact) mass is 323 g/mol. The van der Waals surface area contributed by atoms with Gasteiger partial charge >= 0.3 is 0 Å². The van der Waals surface area contributed by atoms with Crippen molar-refractivity contribution in [2.24, 2.45) is 0 Å². The van der Waals surface area contributed by atoms with Gasteiger partial charge in [0.05, 0.1) is 17.2 Å². The van der Waals surface area contributed by atoms with Crippen LogP contribution in [0.5, 0.6) is 0 Å². The Kier molecular flexibility index (Phi) is 3.91. The van der Waals surface area contributed by atoms with E-state index in [0.29, 0.717) is 16.9 Å². The van der Waals surface area contributed by atoms with E-state index in [-0.39, 0.29) is 5.56 Å². The summed E-state index contributed by atoms with van der Waals surface area (Å²) in [5.41, 5.74) is 1.58. The minimum absolute atomic E-state index is 0.212. The maximum Gasteiger partial charge on any atom is 0.280 e. The third-order valence-electron chi connectivity index (χ3n) is 3.40. The van der Waals surface area contributed by atoms with E-state index in [1.807, 2.05) is 6.07 Å². The second-order valence-corrected chi connectivity index (χ2v) is 6.37. The summed E-state index contributed by atoms with van der Waals surface area (Å²) >= 11 is 0. The number of hydrogen-bond acceptors (Lipinski definition) is 4. The molecule has 0 fully saturated rings. The summed E-state index contributed by atoms with van der Waals surface area (Å²) in [7, 11) is -0.613. The third kappa shape index (κ3) is 2.84. The molecule has 0 aliphatic carbocycles. The number of nitrogens with one attached hydrogen (secondary N) is 2. The van der Waals surface area contributed by atoms with Crippen molar-refractivity contribution in [3.63, 3.8) is 0 Å². The lowest BCUT2D eigenvalue weighted by molar-refractivity contribution is 0.816. The average molecular weight is 323 g/mol.